The zero-order valence-corrected chi connectivity index (χ0v) is 56.9. The standard InChI is InChI=1S/C40H36OS3.C39H34OS3/c1-8-11-32(30(4)14-18-35-23-22-34(42-35)13-10-3)16-20-37-25-24-36(43-37)19-15-31(5)33(12-9-2)17-21-38-26-27-39(44-38)28-29-40(6,7)41;1-8-11-31(29(4)13-17-34-22-21-33(10-3)41-34)15-19-36-24-23-35(42-36)18-14-30(5)32(12-9-2)16-20-37-25-26-38(43-37)27-28-39(6,7)40/h22-27,41H,8-9,11-12H2,1-7H3;3,21-26,40H,8-9,11-12H2,1-2,4-7H3/b32-30+,33-31+;31-29+,32-30+. The number of rotatable bonds is 8. The van der Waals surface area contributed by atoms with Gasteiger partial charge in [0.1, 0.15) is 11.2 Å². The molecule has 0 saturated carbocycles. The number of thiophene rings is 6. The Morgan fingerprint density at radius 3 is 0.724 bits per heavy atom. The average molecular weight is 1240 g/mol. The molecule has 87 heavy (non-hydrogen) atoms. The summed E-state index contributed by atoms with van der Waals surface area (Å²) < 4.78 is 0. The molecule has 0 aliphatic carbocycles. The van der Waals surface area contributed by atoms with E-state index in [-0.39, 0.29) is 0 Å². The Hall–Kier alpha value is -8.20. The predicted molar refractivity (Wildman–Crippen MR) is 378 cm³/mol. The van der Waals surface area contributed by atoms with E-state index in [2.05, 4.69) is 164 Å². The summed E-state index contributed by atoms with van der Waals surface area (Å²) in [4.78, 5) is 11.5. The van der Waals surface area contributed by atoms with E-state index < -0.39 is 11.2 Å². The van der Waals surface area contributed by atoms with Crippen LogP contribution in [0.4, 0.5) is 0 Å². The molecule has 8 heteroatoms. The Labute approximate surface area is 544 Å². The third-order valence-corrected chi connectivity index (χ3v) is 17.2. The highest BCUT2D eigenvalue weighted by atomic mass is 32.1. The van der Waals surface area contributed by atoms with Gasteiger partial charge in [-0.2, -0.15) is 0 Å². The molecule has 0 spiro atoms. The Morgan fingerprint density at radius 2 is 0.529 bits per heavy atom. The molecule has 0 aliphatic rings. The maximum absolute atomic E-state index is 9.84. The first-order valence-electron chi connectivity index (χ1n) is 28.6. The minimum Gasteiger partial charge on any atom is -0.378 e. The van der Waals surface area contributed by atoms with Gasteiger partial charge < -0.3 is 10.2 Å². The summed E-state index contributed by atoms with van der Waals surface area (Å²) in [6, 6.07) is 23.9. The van der Waals surface area contributed by atoms with Crippen molar-refractivity contribution in [2.75, 3.05) is 0 Å². The van der Waals surface area contributed by atoms with Gasteiger partial charge in [0.2, 0.25) is 0 Å². The zero-order chi connectivity index (χ0) is 63.2. The van der Waals surface area contributed by atoms with E-state index in [4.69, 9.17) is 6.42 Å². The highest BCUT2D eigenvalue weighted by molar-refractivity contribution is 7.14. The molecular formula is C79H70O2S6. The first-order valence-corrected chi connectivity index (χ1v) is 33.5. The van der Waals surface area contributed by atoms with Crippen molar-refractivity contribution in [3.05, 3.63) is 176 Å². The van der Waals surface area contributed by atoms with E-state index in [1.165, 1.54) is 34.0 Å². The molecule has 0 atom stereocenters. The Morgan fingerprint density at radius 1 is 0.333 bits per heavy atom. The van der Waals surface area contributed by atoms with Crippen LogP contribution in [-0.4, -0.2) is 21.4 Å². The monoisotopic (exact) mass is 1240 g/mol. The molecule has 434 valence electrons. The third-order valence-electron chi connectivity index (χ3n) is 11.7. The SMILES string of the molecule is C#Cc1ccc(C#C/C(C)=C(/C#Cc2ccc(C#C/C(C)=C(/C#Cc3ccc(C#CC(C)(C)O)s3)CCC)s2)CCC)s1.CC#Cc1ccc(C#C/C(C)=C(/C#Cc2ccc(C#C/C(C)=C(/C#Cc3ccc(C#CC(C)(C)O)s3)CCC)s2)CCC)s1. The molecule has 0 aliphatic heterocycles. The van der Waals surface area contributed by atoms with Crippen LogP contribution in [0.3, 0.4) is 0 Å². The molecule has 0 fully saturated rings. The highest BCUT2D eigenvalue weighted by Crippen LogP contribution is 2.23. The van der Waals surface area contributed by atoms with Gasteiger partial charge in [0, 0.05) is 44.6 Å². The van der Waals surface area contributed by atoms with Crippen molar-refractivity contribution in [3.63, 3.8) is 0 Å². The molecule has 6 aromatic rings. The number of hydrogen-bond acceptors (Lipinski definition) is 8. The molecule has 2 N–H and O–H groups in total. The van der Waals surface area contributed by atoms with Crippen LogP contribution in [0, 0.1) is 143 Å². The van der Waals surface area contributed by atoms with Gasteiger partial charge >= 0.3 is 0 Å². The number of allylic oxidation sites excluding steroid dienone is 8. The van der Waals surface area contributed by atoms with Crippen molar-refractivity contribution >= 4 is 68.0 Å². The normalized spacial score (nSPS) is 11.2. The van der Waals surface area contributed by atoms with E-state index in [1.54, 1.807) is 61.7 Å². The summed E-state index contributed by atoms with van der Waals surface area (Å²) in [5.41, 5.74) is 6.19. The average Bonchev–Trinajstić information content (AvgIpc) is 4.54. The lowest BCUT2D eigenvalue weighted by Crippen LogP contribution is -2.14. The van der Waals surface area contributed by atoms with Crippen LogP contribution < -0.4 is 0 Å². The summed E-state index contributed by atoms with van der Waals surface area (Å²) in [5.74, 6) is 73.4. The van der Waals surface area contributed by atoms with Crippen molar-refractivity contribution in [1.82, 2.24) is 0 Å². The Bertz CT molecular complexity index is 4370. The Balaban J connectivity index is 0.000000317. The van der Waals surface area contributed by atoms with Crippen LogP contribution in [0.2, 0.25) is 0 Å². The molecule has 6 aromatic heterocycles. The molecule has 0 aromatic carbocycles. The van der Waals surface area contributed by atoms with Crippen LogP contribution in [0.15, 0.2) is 117 Å². The molecule has 6 rings (SSSR count). The smallest absolute Gasteiger partial charge is 0.120 e. The van der Waals surface area contributed by atoms with Crippen LogP contribution in [0.25, 0.3) is 0 Å². The largest absolute Gasteiger partial charge is 0.378 e. The Kier molecular flexibility index (Phi) is 28.8. The summed E-state index contributed by atoms with van der Waals surface area (Å²) in [7, 11) is 0. The topological polar surface area (TPSA) is 40.5 Å². The van der Waals surface area contributed by atoms with Gasteiger partial charge in [-0.3, -0.25) is 0 Å². The fourth-order valence-electron chi connectivity index (χ4n) is 7.24. The van der Waals surface area contributed by atoms with E-state index >= 15 is 0 Å². The van der Waals surface area contributed by atoms with Gasteiger partial charge in [-0.05, 0) is 161 Å². The molecule has 0 radical (unpaired) electrons. The van der Waals surface area contributed by atoms with Crippen molar-refractivity contribution in [3.8, 4) is 143 Å². The highest BCUT2D eigenvalue weighted by Gasteiger charge is 2.09. The molecule has 0 amide bonds. The van der Waals surface area contributed by atoms with Crippen LogP contribution in [0.1, 0.15) is 200 Å². The number of hydrogen-bond donors (Lipinski definition) is 2. The molecule has 0 bridgehead atoms. The first kappa shape index (κ1) is 69.6. The second kappa shape index (κ2) is 36.1. The summed E-state index contributed by atoms with van der Waals surface area (Å²) in [6.45, 7) is 25.3. The number of terminal acetylenes is 1. The number of aliphatic hydroxyl groups is 2. The second-order valence-electron chi connectivity index (χ2n) is 20.5. The summed E-state index contributed by atoms with van der Waals surface area (Å²) in [5, 5.41) is 19.7. The maximum atomic E-state index is 9.84. The van der Waals surface area contributed by atoms with Crippen molar-refractivity contribution in [1.29, 1.82) is 0 Å². The van der Waals surface area contributed by atoms with Crippen LogP contribution >= 0.6 is 68.0 Å². The quantitative estimate of drug-likeness (QED) is 0.149. The summed E-state index contributed by atoms with van der Waals surface area (Å²) in [6.07, 6.45) is 13.0. The van der Waals surface area contributed by atoms with Gasteiger partial charge in [0.05, 0.1) is 58.5 Å². The molecule has 0 saturated heterocycles. The lowest BCUT2D eigenvalue weighted by atomic mass is 10.1. The fraction of sp³-hybridized carbons (Fsp3) is 0.291. The van der Waals surface area contributed by atoms with Gasteiger partial charge in [-0.1, -0.05) is 184 Å². The van der Waals surface area contributed by atoms with Gasteiger partial charge in [-0.15, -0.1) is 80.4 Å². The molecule has 0 unspecified atom stereocenters. The van der Waals surface area contributed by atoms with E-state index in [1.807, 2.05) is 107 Å². The minimum absolute atomic E-state index is 0.873. The lowest BCUT2D eigenvalue weighted by Gasteiger charge is -2.05. The molecule has 2 nitrogen and oxygen atoms in total. The van der Waals surface area contributed by atoms with Gasteiger partial charge in [-0.25, -0.2) is 0 Å². The van der Waals surface area contributed by atoms with Crippen molar-refractivity contribution in [2.45, 2.75) is 153 Å². The summed E-state index contributed by atoms with van der Waals surface area (Å²) >= 11 is 9.40. The first-order chi connectivity index (χ1) is 41.7. The molecule has 6 heterocycles. The second-order valence-corrected chi connectivity index (χ2v) is 27.0. The maximum Gasteiger partial charge on any atom is 0.120 e. The van der Waals surface area contributed by atoms with Crippen LogP contribution in [-0.2, 0) is 0 Å². The van der Waals surface area contributed by atoms with Crippen LogP contribution in [0.5, 0.6) is 0 Å². The third kappa shape index (κ3) is 26.1. The van der Waals surface area contributed by atoms with Gasteiger partial charge in [0.25, 0.3) is 0 Å². The zero-order valence-electron chi connectivity index (χ0n) is 52.0. The van der Waals surface area contributed by atoms with Gasteiger partial charge in [0.15, 0.2) is 0 Å². The van der Waals surface area contributed by atoms with E-state index in [9.17, 15) is 10.2 Å². The van der Waals surface area contributed by atoms with Crippen molar-refractivity contribution < 1.29 is 10.2 Å². The predicted octanol–water partition coefficient (Wildman–Crippen LogP) is 18.4. The van der Waals surface area contributed by atoms with E-state index in [0.29, 0.717) is 0 Å². The van der Waals surface area contributed by atoms with Crippen molar-refractivity contribution in [2.24, 2.45) is 0 Å². The minimum atomic E-state index is -1.01. The molecular weight excluding hydrogens is 1170 g/mol. The lowest BCUT2D eigenvalue weighted by molar-refractivity contribution is 0.143. The van der Waals surface area contributed by atoms with E-state index in [0.717, 1.165) is 154 Å². The fourth-order valence-corrected chi connectivity index (χ4v) is 11.5.